The first-order valence-electron chi connectivity index (χ1n) is 15.6. The Balaban J connectivity index is 1.66. The number of methoxy groups -OCH3 is 2. The van der Waals surface area contributed by atoms with Crippen LogP contribution in [0.25, 0.3) is 0 Å². The van der Waals surface area contributed by atoms with Gasteiger partial charge in [-0.25, -0.2) is 9.59 Å². The molecule has 4 aromatic carbocycles. The second kappa shape index (κ2) is 17.3. The first kappa shape index (κ1) is 36.0. The number of amides is 1. The number of benzene rings is 4. The Bertz CT molecular complexity index is 1490. The zero-order chi connectivity index (χ0) is 34.4. The molecular weight excluding hydrogens is 612 g/mol. The zero-order valence-electron chi connectivity index (χ0n) is 27.1. The molecule has 0 aliphatic carbocycles. The number of alkyl carbamates (subject to hydrolysis) is 1. The van der Waals surface area contributed by atoms with E-state index in [1.807, 2.05) is 109 Å². The second-order valence-corrected chi connectivity index (χ2v) is 11.3. The topological polar surface area (TPSA) is 146 Å². The second-order valence-electron chi connectivity index (χ2n) is 11.3. The number of nitrogens with two attached hydrogens (primary N) is 1. The highest BCUT2D eigenvalue weighted by molar-refractivity contribution is 6.10. The summed E-state index contributed by atoms with van der Waals surface area (Å²) >= 11 is 0. The van der Waals surface area contributed by atoms with Gasteiger partial charge in [-0.3, -0.25) is 4.79 Å². The molecule has 0 fully saturated rings. The van der Waals surface area contributed by atoms with Gasteiger partial charge in [-0.05, 0) is 35.1 Å². The van der Waals surface area contributed by atoms with Gasteiger partial charge in [0.15, 0.2) is 17.6 Å². The van der Waals surface area contributed by atoms with Gasteiger partial charge in [0.1, 0.15) is 12.2 Å². The number of rotatable bonds is 18. The molecule has 2 atom stereocenters. The largest absolute Gasteiger partial charge is 0.480 e. The average molecular weight is 655 g/mol. The molecule has 0 radical (unpaired) electrons. The number of ketones is 1. The number of carbonyl (C=O) groups excluding carboxylic acids is 2. The van der Waals surface area contributed by atoms with Crippen LogP contribution in [-0.4, -0.2) is 61.6 Å². The smallest absolute Gasteiger partial charge is 0.408 e. The summed E-state index contributed by atoms with van der Waals surface area (Å²) in [5, 5.41) is 12.8. The molecule has 4 aromatic rings. The Labute approximate surface area is 280 Å². The van der Waals surface area contributed by atoms with E-state index < -0.39 is 41.3 Å². The summed E-state index contributed by atoms with van der Waals surface area (Å²) in [5.41, 5.74) is 6.09. The number of Topliss-reactive ketones (excluding diaryl/α,β-unsaturated/α-hetero) is 1. The van der Waals surface area contributed by atoms with E-state index in [-0.39, 0.29) is 32.5 Å². The van der Waals surface area contributed by atoms with Crippen molar-refractivity contribution >= 4 is 17.8 Å². The van der Waals surface area contributed by atoms with Gasteiger partial charge >= 0.3 is 12.1 Å². The van der Waals surface area contributed by atoms with Gasteiger partial charge in [-0.2, -0.15) is 0 Å². The van der Waals surface area contributed by atoms with Crippen molar-refractivity contribution in [1.82, 2.24) is 5.32 Å². The minimum atomic E-state index is -2.37. The highest BCUT2D eigenvalue weighted by atomic mass is 16.7. The number of nitrogens with one attached hydrogen (secondary N) is 1. The highest BCUT2D eigenvalue weighted by Gasteiger charge is 2.46. The first-order valence-corrected chi connectivity index (χ1v) is 15.6. The third kappa shape index (κ3) is 8.72. The molecule has 10 nitrogen and oxygen atoms in total. The fourth-order valence-electron chi connectivity index (χ4n) is 5.60. The Hall–Kier alpha value is -4.87. The first-order chi connectivity index (χ1) is 23.2. The van der Waals surface area contributed by atoms with E-state index in [1.54, 1.807) is 12.1 Å². The molecule has 0 spiro atoms. The molecule has 4 N–H and O–H groups in total. The Morgan fingerprint density at radius 2 is 1.19 bits per heavy atom. The lowest BCUT2D eigenvalue weighted by atomic mass is 9.80. The molecule has 0 heterocycles. The summed E-state index contributed by atoms with van der Waals surface area (Å²) in [6.45, 7) is -0.137. The van der Waals surface area contributed by atoms with Crippen molar-refractivity contribution in [3.63, 3.8) is 0 Å². The fourth-order valence-corrected chi connectivity index (χ4v) is 5.60. The van der Waals surface area contributed by atoms with E-state index in [0.717, 1.165) is 22.3 Å². The number of carboxylic acid groups (broad SMARTS) is 1. The molecular formula is C38H42N2O8. The van der Waals surface area contributed by atoms with Crippen LogP contribution >= 0.6 is 0 Å². The number of hydrogen-bond donors (Lipinski definition) is 3. The standard InChI is InChI=1S/C38H42N2O8/c1-45-33(46-2)23-25-37(39,35(42)43)34(41)32(40-36(44)47-27-28-15-7-3-8-16-28)24-26-48-38(29-17-9-4-10-18-29,30-19-11-5-12-20-30)31-21-13-6-14-22-31/h3-22,32-33H,23-27,39H2,1-2H3,(H,40,44)(H,42,43). The molecule has 0 saturated heterocycles. The lowest BCUT2D eigenvalue weighted by Gasteiger charge is -2.36. The number of carboxylic acids is 1. The van der Waals surface area contributed by atoms with Crippen LogP contribution in [0.1, 0.15) is 41.5 Å². The van der Waals surface area contributed by atoms with Crippen LogP contribution in [-0.2, 0) is 40.7 Å². The number of ether oxygens (including phenoxy) is 4. The maximum atomic E-state index is 14.1. The maximum absolute atomic E-state index is 14.1. The summed E-state index contributed by atoms with van der Waals surface area (Å²) in [7, 11) is 2.80. The van der Waals surface area contributed by atoms with Gasteiger partial charge in [-0.1, -0.05) is 121 Å². The van der Waals surface area contributed by atoms with Crippen LogP contribution < -0.4 is 11.1 Å². The van der Waals surface area contributed by atoms with Gasteiger partial charge in [0.25, 0.3) is 0 Å². The van der Waals surface area contributed by atoms with Crippen LogP contribution in [0.5, 0.6) is 0 Å². The monoisotopic (exact) mass is 654 g/mol. The molecule has 0 aliphatic heterocycles. The molecule has 10 heteroatoms. The van der Waals surface area contributed by atoms with Gasteiger partial charge in [0, 0.05) is 20.6 Å². The summed E-state index contributed by atoms with van der Waals surface area (Å²) in [4.78, 5) is 39.7. The van der Waals surface area contributed by atoms with Crippen molar-refractivity contribution in [2.24, 2.45) is 5.73 Å². The quantitative estimate of drug-likeness (QED) is 0.0726. The molecule has 0 aromatic heterocycles. The van der Waals surface area contributed by atoms with Crippen molar-refractivity contribution in [2.75, 3.05) is 20.8 Å². The predicted octanol–water partition coefficient (Wildman–Crippen LogP) is 5.43. The molecule has 0 aliphatic rings. The fraction of sp³-hybridized carbons (Fsp3) is 0.289. The minimum Gasteiger partial charge on any atom is -0.480 e. The Kier molecular flexibility index (Phi) is 13.0. The molecule has 0 saturated carbocycles. The normalized spacial score (nSPS) is 13.3. The minimum absolute atomic E-state index is 0.0162. The van der Waals surface area contributed by atoms with Crippen molar-refractivity contribution in [2.45, 2.75) is 49.3 Å². The predicted molar refractivity (Wildman–Crippen MR) is 180 cm³/mol. The number of hydrogen-bond acceptors (Lipinski definition) is 8. The van der Waals surface area contributed by atoms with E-state index in [1.165, 1.54) is 14.2 Å². The summed E-state index contributed by atoms with van der Waals surface area (Å²) in [6, 6.07) is 36.6. The van der Waals surface area contributed by atoms with E-state index in [9.17, 15) is 19.5 Å². The lowest BCUT2D eigenvalue weighted by Crippen LogP contribution is -2.62. The summed E-state index contributed by atoms with van der Waals surface area (Å²) in [5.74, 6) is -2.46. The van der Waals surface area contributed by atoms with Crippen LogP contribution in [0.2, 0.25) is 0 Å². The number of aliphatic carboxylic acids is 1. The van der Waals surface area contributed by atoms with Gasteiger partial charge in [0.05, 0.1) is 12.6 Å². The van der Waals surface area contributed by atoms with E-state index in [2.05, 4.69) is 5.32 Å². The van der Waals surface area contributed by atoms with Crippen molar-refractivity contribution < 1.29 is 38.4 Å². The average Bonchev–Trinajstić information content (AvgIpc) is 3.13. The van der Waals surface area contributed by atoms with Crippen LogP contribution in [0.15, 0.2) is 121 Å². The third-order valence-corrected chi connectivity index (χ3v) is 8.21. The van der Waals surface area contributed by atoms with E-state index in [0.29, 0.717) is 0 Å². The molecule has 252 valence electrons. The molecule has 48 heavy (non-hydrogen) atoms. The SMILES string of the molecule is COC(CCC(N)(C(=O)O)C(=O)C(CCOC(c1ccccc1)(c1ccccc1)c1ccccc1)NC(=O)OCc1ccccc1)OC. The van der Waals surface area contributed by atoms with Crippen molar-refractivity contribution in [3.8, 4) is 0 Å². The molecule has 1 amide bonds. The Morgan fingerprint density at radius 1 is 0.729 bits per heavy atom. The summed E-state index contributed by atoms with van der Waals surface area (Å²) < 4.78 is 22.6. The molecule has 0 bridgehead atoms. The van der Waals surface area contributed by atoms with Gasteiger partial charge < -0.3 is 35.1 Å². The van der Waals surface area contributed by atoms with Gasteiger partial charge in [-0.15, -0.1) is 0 Å². The van der Waals surface area contributed by atoms with Crippen LogP contribution in [0.3, 0.4) is 0 Å². The van der Waals surface area contributed by atoms with Crippen LogP contribution in [0.4, 0.5) is 4.79 Å². The van der Waals surface area contributed by atoms with E-state index >= 15 is 0 Å². The molecule has 2 unspecified atom stereocenters. The van der Waals surface area contributed by atoms with Crippen LogP contribution in [0, 0.1) is 0 Å². The lowest BCUT2D eigenvalue weighted by molar-refractivity contribution is -0.151. The summed E-state index contributed by atoms with van der Waals surface area (Å²) in [6.07, 6.45) is -2.10. The van der Waals surface area contributed by atoms with Crippen molar-refractivity contribution in [1.29, 1.82) is 0 Å². The Morgan fingerprint density at radius 3 is 1.62 bits per heavy atom. The third-order valence-electron chi connectivity index (χ3n) is 8.21. The molecule has 4 rings (SSSR count). The van der Waals surface area contributed by atoms with Crippen molar-refractivity contribution in [3.05, 3.63) is 144 Å². The van der Waals surface area contributed by atoms with E-state index in [4.69, 9.17) is 24.7 Å². The maximum Gasteiger partial charge on any atom is 0.408 e. The zero-order valence-corrected chi connectivity index (χ0v) is 27.1. The van der Waals surface area contributed by atoms with Gasteiger partial charge in [0.2, 0.25) is 0 Å². The highest BCUT2D eigenvalue weighted by Crippen LogP contribution is 2.40. The number of carbonyl (C=O) groups is 3.